The molecule has 1 unspecified atom stereocenters. The summed E-state index contributed by atoms with van der Waals surface area (Å²) >= 11 is 0. The van der Waals surface area contributed by atoms with Gasteiger partial charge in [-0.1, -0.05) is 66.7 Å². The van der Waals surface area contributed by atoms with Crippen LogP contribution in [0.3, 0.4) is 0 Å². The van der Waals surface area contributed by atoms with Crippen LogP contribution in [0, 0.1) is 0 Å². The van der Waals surface area contributed by atoms with Gasteiger partial charge in [-0.3, -0.25) is 14.3 Å². The van der Waals surface area contributed by atoms with Crippen molar-refractivity contribution in [2.75, 3.05) is 14.2 Å². The number of aromatic nitrogens is 2. The molecule has 1 saturated heterocycles. The summed E-state index contributed by atoms with van der Waals surface area (Å²) in [6.45, 7) is 0. The molecule has 4 aromatic rings. The number of ether oxygens (including phenoxy) is 3. The molecule has 208 valence electrons. The zero-order chi connectivity index (χ0) is 28.4. The van der Waals surface area contributed by atoms with Crippen LogP contribution in [-0.4, -0.2) is 63.5 Å². The van der Waals surface area contributed by atoms with Gasteiger partial charge in [-0.15, -0.1) is 0 Å². The van der Waals surface area contributed by atoms with Gasteiger partial charge >= 0.3 is 5.69 Å². The van der Waals surface area contributed by atoms with Crippen molar-refractivity contribution in [2.24, 2.45) is 0 Å². The second-order valence-corrected chi connectivity index (χ2v) is 9.51. The molecule has 10 nitrogen and oxygen atoms in total. The molecule has 10 heteroatoms. The largest absolute Gasteiger partial charge is 0.496 e. The molecule has 4 N–H and O–H groups in total. The van der Waals surface area contributed by atoms with Crippen molar-refractivity contribution in [1.29, 1.82) is 0 Å². The van der Waals surface area contributed by atoms with Crippen LogP contribution in [0.15, 0.2) is 101 Å². The van der Waals surface area contributed by atoms with Gasteiger partial charge < -0.3 is 29.5 Å². The fourth-order valence-corrected chi connectivity index (χ4v) is 5.64. The minimum Gasteiger partial charge on any atom is -0.496 e. The van der Waals surface area contributed by atoms with E-state index in [9.17, 15) is 24.9 Å². The summed E-state index contributed by atoms with van der Waals surface area (Å²) in [5.74, 6) is 0.912. The number of hydrogen-bond acceptors (Lipinski definition) is 8. The Balaban J connectivity index is 1.77. The number of aliphatic hydroxyl groups excluding tert-OH is 3. The number of rotatable bonds is 8. The van der Waals surface area contributed by atoms with Gasteiger partial charge in [-0.2, -0.15) is 0 Å². The minimum absolute atomic E-state index is 0.456. The molecule has 1 aliphatic heterocycles. The highest BCUT2D eigenvalue weighted by atomic mass is 16.6. The highest BCUT2D eigenvalue weighted by Gasteiger charge is 2.56. The number of aliphatic hydroxyl groups is 3. The van der Waals surface area contributed by atoms with Gasteiger partial charge in [0.05, 0.1) is 19.6 Å². The lowest BCUT2D eigenvalue weighted by molar-refractivity contribution is -0.0996. The third-order valence-electron chi connectivity index (χ3n) is 7.45. The first-order valence-electron chi connectivity index (χ1n) is 12.7. The molecule has 0 radical (unpaired) electrons. The van der Waals surface area contributed by atoms with Gasteiger partial charge in [0.25, 0.3) is 5.56 Å². The number of hydrogen-bond donors (Lipinski definition) is 4. The topological polar surface area (TPSA) is 143 Å². The van der Waals surface area contributed by atoms with Gasteiger partial charge in [0.1, 0.15) is 35.9 Å². The third kappa shape index (κ3) is 4.40. The molecule has 0 aliphatic carbocycles. The van der Waals surface area contributed by atoms with Gasteiger partial charge in [-0.25, -0.2) is 4.79 Å². The molecule has 0 amide bonds. The van der Waals surface area contributed by atoms with Crippen LogP contribution in [-0.2, 0) is 10.2 Å². The van der Waals surface area contributed by atoms with Crippen molar-refractivity contribution in [3.05, 3.63) is 129 Å². The molecule has 1 aromatic heterocycles. The smallest absolute Gasteiger partial charge is 0.330 e. The van der Waals surface area contributed by atoms with Crippen LogP contribution in [0.5, 0.6) is 11.5 Å². The van der Waals surface area contributed by atoms with Crippen molar-refractivity contribution < 1.29 is 29.5 Å². The minimum atomic E-state index is -1.62. The van der Waals surface area contributed by atoms with Gasteiger partial charge in [-0.05, 0) is 17.7 Å². The molecule has 1 fully saturated rings. The Morgan fingerprint density at radius 3 is 1.93 bits per heavy atom. The van der Waals surface area contributed by atoms with Crippen LogP contribution >= 0.6 is 0 Å². The number of para-hydroxylation sites is 2. The summed E-state index contributed by atoms with van der Waals surface area (Å²) < 4.78 is 18.6. The maximum absolute atomic E-state index is 12.5. The lowest BCUT2D eigenvalue weighted by Crippen LogP contribution is -2.52. The van der Waals surface area contributed by atoms with Gasteiger partial charge in [0.2, 0.25) is 0 Å². The monoisotopic (exact) mass is 546 g/mol. The summed E-state index contributed by atoms with van der Waals surface area (Å²) in [6.07, 6.45) is -6.41. The first-order chi connectivity index (χ1) is 19.3. The molecule has 0 spiro atoms. The van der Waals surface area contributed by atoms with Crippen LogP contribution in [0.2, 0.25) is 0 Å². The number of benzene rings is 3. The van der Waals surface area contributed by atoms with E-state index in [1.54, 1.807) is 36.4 Å². The molecular weight excluding hydrogens is 516 g/mol. The molecule has 3 aromatic carbocycles. The number of H-pyrrole nitrogens is 1. The fourth-order valence-electron chi connectivity index (χ4n) is 5.64. The highest BCUT2D eigenvalue weighted by Crippen LogP contribution is 2.51. The lowest BCUT2D eigenvalue weighted by atomic mass is 9.63. The Bertz CT molecular complexity index is 1540. The molecular formula is C30H30N2O8. The summed E-state index contributed by atoms with van der Waals surface area (Å²) in [4.78, 5) is 26.3. The Morgan fingerprint density at radius 1 is 0.825 bits per heavy atom. The van der Waals surface area contributed by atoms with Crippen molar-refractivity contribution in [1.82, 2.24) is 9.55 Å². The molecule has 1 aliphatic rings. The fraction of sp³-hybridized carbons (Fsp3) is 0.267. The summed E-state index contributed by atoms with van der Waals surface area (Å²) in [6, 6.07) is 24.6. The van der Waals surface area contributed by atoms with E-state index in [2.05, 4.69) is 4.98 Å². The third-order valence-corrected chi connectivity index (χ3v) is 7.45. The highest BCUT2D eigenvalue weighted by molar-refractivity contribution is 5.60. The average molecular weight is 547 g/mol. The summed E-state index contributed by atoms with van der Waals surface area (Å²) in [5.41, 5.74) is -1.18. The molecule has 40 heavy (non-hydrogen) atoms. The Morgan fingerprint density at radius 2 is 1.38 bits per heavy atom. The molecule has 5 atom stereocenters. The zero-order valence-electron chi connectivity index (χ0n) is 21.9. The average Bonchev–Trinajstić information content (AvgIpc) is 3.28. The summed E-state index contributed by atoms with van der Waals surface area (Å²) in [7, 11) is 3.04. The van der Waals surface area contributed by atoms with E-state index in [1.807, 2.05) is 42.5 Å². The second kappa shape index (κ2) is 11.1. The van der Waals surface area contributed by atoms with Gasteiger partial charge in [0.15, 0.2) is 6.23 Å². The maximum Gasteiger partial charge on any atom is 0.330 e. The lowest BCUT2D eigenvalue weighted by Gasteiger charge is -2.43. The van der Waals surface area contributed by atoms with Crippen molar-refractivity contribution in [3.8, 4) is 11.5 Å². The molecule has 5 rings (SSSR count). The van der Waals surface area contributed by atoms with Crippen molar-refractivity contribution in [3.63, 3.8) is 0 Å². The standard InChI is InChI=1S/C30H30N2O8/c1-38-21-14-8-6-12-19(21)30(18-10-4-3-5-11-18,20-13-7-9-15-22(20)39-2)27(36)26-24(34)25(35)28(40-26)32-17-16-23(33)31-29(32)37/h3-17,24-28,34-36H,1-2H3,(H,31,33,37)/t24-,25+,26-,27?,28+/m0/s1. The Kier molecular flexibility index (Phi) is 7.59. The van der Waals surface area contributed by atoms with Crippen LogP contribution in [0.1, 0.15) is 22.9 Å². The second-order valence-electron chi connectivity index (χ2n) is 9.51. The van der Waals surface area contributed by atoms with E-state index >= 15 is 0 Å². The van der Waals surface area contributed by atoms with E-state index < -0.39 is 47.3 Å². The van der Waals surface area contributed by atoms with Crippen LogP contribution in [0.25, 0.3) is 0 Å². The first-order valence-corrected chi connectivity index (χ1v) is 12.7. The Labute approximate surface area is 229 Å². The molecule has 0 saturated carbocycles. The quantitative estimate of drug-likeness (QED) is 0.244. The zero-order valence-corrected chi connectivity index (χ0v) is 21.9. The maximum atomic E-state index is 12.5. The van der Waals surface area contributed by atoms with Crippen LogP contribution in [0.4, 0.5) is 0 Å². The van der Waals surface area contributed by atoms with Crippen LogP contribution < -0.4 is 20.7 Å². The number of aromatic amines is 1. The van der Waals surface area contributed by atoms with Gasteiger partial charge in [0, 0.05) is 23.4 Å². The SMILES string of the molecule is COc1ccccc1C(c1ccccc1)(c1ccccc1OC)C(O)[C@H]1O[C@@H](n2ccc(=O)[nH]c2=O)[C@H](O)[C@@H]1O. The van der Waals surface area contributed by atoms with E-state index in [4.69, 9.17) is 14.2 Å². The first kappa shape index (κ1) is 27.4. The summed E-state index contributed by atoms with van der Waals surface area (Å²) in [5, 5.41) is 34.8. The normalized spacial score (nSPS) is 21.6. The number of methoxy groups -OCH3 is 2. The molecule has 2 heterocycles. The molecule has 0 bridgehead atoms. The van der Waals surface area contributed by atoms with E-state index in [0.717, 1.165) is 10.6 Å². The van der Waals surface area contributed by atoms with E-state index in [1.165, 1.54) is 20.4 Å². The van der Waals surface area contributed by atoms with E-state index in [0.29, 0.717) is 28.2 Å². The van der Waals surface area contributed by atoms with Crippen molar-refractivity contribution in [2.45, 2.75) is 36.1 Å². The number of nitrogens with zero attached hydrogens (tertiary/aromatic N) is 1. The number of nitrogens with one attached hydrogen (secondary N) is 1. The van der Waals surface area contributed by atoms with Crippen molar-refractivity contribution >= 4 is 0 Å². The Hall–Kier alpha value is -4.22. The predicted octanol–water partition coefficient (Wildman–Crippen LogP) is 1.57. The van der Waals surface area contributed by atoms with E-state index in [-0.39, 0.29) is 0 Å². The predicted molar refractivity (Wildman–Crippen MR) is 146 cm³/mol.